The summed E-state index contributed by atoms with van der Waals surface area (Å²) in [7, 11) is 4.43. The smallest absolute Gasteiger partial charge is 0.496 e. The van der Waals surface area contributed by atoms with Crippen molar-refractivity contribution < 1.29 is 37.8 Å². The van der Waals surface area contributed by atoms with Crippen molar-refractivity contribution >= 4 is 67.0 Å². The minimum Gasteiger partial charge on any atom is -0.497 e. The van der Waals surface area contributed by atoms with Gasteiger partial charge in [0.05, 0.1) is 39.5 Å². The van der Waals surface area contributed by atoms with E-state index in [2.05, 4.69) is 31.9 Å². The van der Waals surface area contributed by atoms with Crippen molar-refractivity contribution in [1.82, 2.24) is 0 Å². The van der Waals surface area contributed by atoms with Gasteiger partial charge in [-0.05, 0) is 83.3 Å². The van der Waals surface area contributed by atoms with Crippen LogP contribution >= 0.6 is 54.5 Å². The van der Waals surface area contributed by atoms with E-state index in [0.717, 1.165) is 8.95 Å². The molecule has 0 amide bonds. The summed E-state index contributed by atoms with van der Waals surface area (Å²) in [6, 6.07) is 20.0. The Morgan fingerprint density at radius 3 is 1.48 bits per heavy atom. The van der Waals surface area contributed by atoms with Gasteiger partial charge in [0.2, 0.25) is 0 Å². The first-order valence-corrected chi connectivity index (χ1v) is 14.1. The Bertz CT molecular complexity index is 1370. The summed E-state index contributed by atoms with van der Waals surface area (Å²) in [5.74, 6) is 1.46. The monoisotopic (exact) mass is 792 g/mol. The molecule has 0 aliphatic heterocycles. The highest BCUT2D eigenvalue weighted by atomic mass is 127. The molecule has 6 nitrogen and oxygen atoms in total. The van der Waals surface area contributed by atoms with E-state index in [1.165, 1.54) is 26.4 Å². The normalized spacial score (nSPS) is 9.88. The maximum absolute atomic E-state index is 14.0. The molecule has 40 heavy (non-hydrogen) atoms. The molecule has 0 fully saturated rings. The zero-order chi connectivity index (χ0) is 29.8. The first kappa shape index (κ1) is 33.8. The lowest BCUT2D eigenvalue weighted by molar-refractivity contribution is 0.385. The van der Waals surface area contributed by atoms with Crippen LogP contribution in [0.3, 0.4) is 0 Å². The fourth-order valence-corrected chi connectivity index (χ4v) is 5.08. The molecule has 4 aromatic rings. The second kappa shape index (κ2) is 16.8. The molecule has 4 rings (SSSR count). The SMILES string of the molecule is COc1cccc(OC)c1-c1cc(Br)ccc1F.COc1cccc(OC)c1B(O)O.Fc1ccc(Br)cc1I. The molecule has 0 heterocycles. The van der Waals surface area contributed by atoms with Gasteiger partial charge in [0.1, 0.15) is 34.6 Å². The molecule has 0 aromatic heterocycles. The molecule has 0 saturated heterocycles. The standard InChI is InChI=1S/C14H12BrFO2.C8H11BO4.C6H3BrFI/c1-17-12-4-3-5-13(18-2)14(12)10-8-9(15)6-7-11(10)16;1-12-6-4-3-5-7(13-2)8(6)9(10)11;7-4-1-2-5(8)6(9)3-4/h3-8H,1-2H3;3-5,10-11H,1-2H3;1-3H. The van der Waals surface area contributed by atoms with Crippen LogP contribution in [0.5, 0.6) is 23.0 Å². The molecule has 0 aliphatic carbocycles. The van der Waals surface area contributed by atoms with E-state index in [-0.39, 0.29) is 17.1 Å². The molecule has 4 aromatic carbocycles. The summed E-state index contributed by atoms with van der Waals surface area (Å²) in [4.78, 5) is 0. The van der Waals surface area contributed by atoms with Gasteiger partial charge in [-0.25, -0.2) is 8.78 Å². The topological polar surface area (TPSA) is 77.4 Å². The minimum absolute atomic E-state index is 0.168. The summed E-state index contributed by atoms with van der Waals surface area (Å²) in [6.45, 7) is 0. The average molecular weight is 794 g/mol. The largest absolute Gasteiger partial charge is 0.497 e. The fourth-order valence-electron chi connectivity index (χ4n) is 3.41. The number of benzene rings is 4. The predicted molar refractivity (Wildman–Crippen MR) is 169 cm³/mol. The van der Waals surface area contributed by atoms with Crippen molar-refractivity contribution in [2.24, 2.45) is 0 Å². The molecule has 2 N–H and O–H groups in total. The van der Waals surface area contributed by atoms with E-state index in [1.54, 1.807) is 74.9 Å². The van der Waals surface area contributed by atoms with Gasteiger partial charge in [0.15, 0.2) is 0 Å². The summed E-state index contributed by atoms with van der Waals surface area (Å²) in [6.07, 6.45) is 0. The van der Waals surface area contributed by atoms with E-state index >= 15 is 0 Å². The first-order valence-electron chi connectivity index (χ1n) is 11.4. The lowest BCUT2D eigenvalue weighted by Gasteiger charge is -2.14. The van der Waals surface area contributed by atoms with Crippen molar-refractivity contribution in [1.29, 1.82) is 0 Å². The molecule has 0 radical (unpaired) electrons. The summed E-state index contributed by atoms with van der Waals surface area (Å²) >= 11 is 8.51. The molecular formula is C28H26BBr2F2IO6. The lowest BCUT2D eigenvalue weighted by Crippen LogP contribution is -2.32. The number of methoxy groups -OCH3 is 4. The molecule has 0 unspecified atom stereocenters. The second-order valence-corrected chi connectivity index (χ2v) is 10.7. The predicted octanol–water partition coefficient (Wildman–Crippen LogP) is 6.85. The van der Waals surface area contributed by atoms with Gasteiger partial charge in [-0.3, -0.25) is 0 Å². The fraction of sp³-hybridized carbons (Fsp3) is 0.143. The van der Waals surface area contributed by atoms with Crippen LogP contribution in [-0.2, 0) is 0 Å². The van der Waals surface area contributed by atoms with Crippen molar-refractivity contribution in [2.45, 2.75) is 0 Å². The van der Waals surface area contributed by atoms with Crippen LogP contribution < -0.4 is 24.4 Å². The first-order chi connectivity index (χ1) is 19.1. The van der Waals surface area contributed by atoms with Crippen LogP contribution in [0.25, 0.3) is 11.1 Å². The number of ether oxygens (including phenoxy) is 4. The Morgan fingerprint density at radius 2 is 1.07 bits per heavy atom. The highest BCUT2D eigenvalue weighted by Crippen LogP contribution is 2.40. The van der Waals surface area contributed by atoms with Crippen molar-refractivity contribution in [3.63, 3.8) is 0 Å². The molecule has 0 aliphatic rings. The lowest BCUT2D eigenvalue weighted by atomic mass is 9.78. The van der Waals surface area contributed by atoms with Gasteiger partial charge >= 0.3 is 7.12 Å². The van der Waals surface area contributed by atoms with Gasteiger partial charge in [0, 0.05) is 18.1 Å². The number of halogens is 5. The van der Waals surface area contributed by atoms with E-state index in [0.29, 0.717) is 37.7 Å². The Kier molecular flexibility index (Phi) is 14.2. The van der Waals surface area contributed by atoms with E-state index < -0.39 is 7.12 Å². The summed E-state index contributed by atoms with van der Waals surface area (Å²) in [5.41, 5.74) is 1.30. The third-order valence-electron chi connectivity index (χ3n) is 5.23. The molecule has 212 valence electrons. The highest BCUT2D eigenvalue weighted by molar-refractivity contribution is 14.1. The number of hydrogen-bond acceptors (Lipinski definition) is 6. The summed E-state index contributed by atoms with van der Waals surface area (Å²) < 4.78 is 49.2. The highest BCUT2D eigenvalue weighted by Gasteiger charge is 2.21. The number of hydrogen-bond donors (Lipinski definition) is 2. The van der Waals surface area contributed by atoms with Crippen LogP contribution in [-0.4, -0.2) is 45.6 Å². The van der Waals surface area contributed by atoms with Crippen LogP contribution in [0.4, 0.5) is 8.78 Å². The Hall–Kier alpha value is -2.39. The van der Waals surface area contributed by atoms with Gasteiger partial charge in [-0.2, -0.15) is 0 Å². The third kappa shape index (κ3) is 9.33. The quantitative estimate of drug-likeness (QED) is 0.127. The van der Waals surface area contributed by atoms with Gasteiger partial charge < -0.3 is 29.0 Å². The zero-order valence-electron chi connectivity index (χ0n) is 21.9. The van der Waals surface area contributed by atoms with Gasteiger partial charge in [0.25, 0.3) is 0 Å². The Labute approximate surface area is 262 Å². The van der Waals surface area contributed by atoms with E-state index in [1.807, 2.05) is 22.6 Å². The van der Waals surface area contributed by atoms with Crippen LogP contribution in [0.1, 0.15) is 0 Å². The third-order valence-corrected chi connectivity index (χ3v) is 7.04. The van der Waals surface area contributed by atoms with Gasteiger partial charge in [-0.15, -0.1) is 0 Å². The molecule has 0 spiro atoms. The van der Waals surface area contributed by atoms with Crippen molar-refractivity contribution in [2.75, 3.05) is 28.4 Å². The molecule has 0 bridgehead atoms. The maximum Gasteiger partial charge on any atom is 0.496 e. The minimum atomic E-state index is -1.59. The van der Waals surface area contributed by atoms with E-state index in [4.69, 9.17) is 29.0 Å². The molecule has 0 atom stereocenters. The van der Waals surface area contributed by atoms with Crippen LogP contribution in [0.2, 0.25) is 0 Å². The zero-order valence-corrected chi connectivity index (χ0v) is 27.3. The Balaban J connectivity index is 0.000000224. The molecule has 0 saturated carbocycles. The average Bonchev–Trinajstić information content (AvgIpc) is 2.96. The summed E-state index contributed by atoms with van der Waals surface area (Å²) in [5, 5.41) is 18.1. The van der Waals surface area contributed by atoms with Crippen LogP contribution in [0.15, 0.2) is 81.7 Å². The van der Waals surface area contributed by atoms with E-state index in [9.17, 15) is 8.78 Å². The van der Waals surface area contributed by atoms with Gasteiger partial charge in [-0.1, -0.05) is 44.0 Å². The second-order valence-electron chi connectivity index (χ2n) is 7.67. The number of rotatable bonds is 6. The maximum atomic E-state index is 14.0. The molecular weight excluding hydrogens is 768 g/mol. The van der Waals surface area contributed by atoms with Crippen LogP contribution in [0, 0.1) is 15.2 Å². The Morgan fingerprint density at radius 1 is 0.650 bits per heavy atom. The van der Waals surface area contributed by atoms with Crippen molar-refractivity contribution in [3.8, 4) is 34.1 Å². The molecule has 12 heteroatoms. The van der Waals surface area contributed by atoms with Crippen molar-refractivity contribution in [3.05, 3.63) is 96.9 Å².